The Bertz CT molecular complexity index is 547. The van der Waals surface area contributed by atoms with Gasteiger partial charge in [-0.25, -0.2) is 0 Å². The van der Waals surface area contributed by atoms with Crippen LogP contribution in [0, 0.1) is 6.92 Å². The van der Waals surface area contributed by atoms with Crippen molar-refractivity contribution in [3.05, 3.63) is 23.3 Å². The Balaban J connectivity index is 2.66. The van der Waals surface area contributed by atoms with Crippen molar-refractivity contribution in [1.29, 1.82) is 0 Å². The fourth-order valence-electron chi connectivity index (χ4n) is 3.02. The molecule has 1 aliphatic carbocycles. The summed E-state index contributed by atoms with van der Waals surface area (Å²) in [5, 5.41) is 19.2. The van der Waals surface area contributed by atoms with E-state index in [0.29, 0.717) is 24.0 Å². The van der Waals surface area contributed by atoms with Crippen molar-refractivity contribution >= 4 is 11.6 Å². The van der Waals surface area contributed by atoms with E-state index in [1.807, 2.05) is 0 Å². The highest BCUT2D eigenvalue weighted by Gasteiger charge is 2.46. The summed E-state index contributed by atoms with van der Waals surface area (Å²) in [6.07, 6.45) is 2.48. The Morgan fingerprint density at radius 1 is 1.21 bits per heavy atom. The van der Waals surface area contributed by atoms with Crippen LogP contribution < -0.4 is 0 Å². The fourth-order valence-corrected chi connectivity index (χ4v) is 3.02. The van der Waals surface area contributed by atoms with E-state index >= 15 is 0 Å². The maximum atomic E-state index is 12.3. The van der Waals surface area contributed by atoms with E-state index in [-0.39, 0.29) is 23.1 Å². The fraction of sp³-hybridized carbons (Fsp3) is 0.467. The van der Waals surface area contributed by atoms with Gasteiger partial charge in [0.2, 0.25) is 0 Å². The van der Waals surface area contributed by atoms with Crippen LogP contribution in [0.2, 0.25) is 0 Å². The topological polar surface area (TPSA) is 74.6 Å². The third-order valence-corrected chi connectivity index (χ3v) is 4.06. The molecule has 0 saturated heterocycles. The Hall–Kier alpha value is -1.84. The minimum absolute atomic E-state index is 0.0839. The molecule has 4 nitrogen and oxygen atoms in total. The lowest BCUT2D eigenvalue weighted by Gasteiger charge is -2.35. The van der Waals surface area contributed by atoms with Crippen LogP contribution in [-0.4, -0.2) is 21.8 Å². The van der Waals surface area contributed by atoms with Crippen molar-refractivity contribution in [3.63, 3.8) is 0 Å². The summed E-state index contributed by atoms with van der Waals surface area (Å²) in [5.74, 6) is -0.798. The van der Waals surface area contributed by atoms with E-state index < -0.39 is 5.41 Å². The minimum atomic E-state index is -1.15. The van der Waals surface area contributed by atoms with Crippen LogP contribution in [-0.2, 0) is 15.0 Å². The number of hydrogen-bond donors (Lipinski definition) is 2. The van der Waals surface area contributed by atoms with Gasteiger partial charge in [0.25, 0.3) is 0 Å². The number of phenols is 2. The van der Waals surface area contributed by atoms with E-state index in [1.54, 1.807) is 6.92 Å². The molecular weight excluding hydrogens is 244 g/mol. The van der Waals surface area contributed by atoms with E-state index in [1.165, 1.54) is 19.1 Å². The van der Waals surface area contributed by atoms with Gasteiger partial charge in [0, 0.05) is 6.42 Å². The summed E-state index contributed by atoms with van der Waals surface area (Å²) in [6.45, 7) is 3.16. The average Bonchev–Trinajstić information content (AvgIpc) is 2.34. The van der Waals surface area contributed by atoms with Crippen LogP contribution in [0.4, 0.5) is 0 Å². The summed E-state index contributed by atoms with van der Waals surface area (Å²) in [5.41, 5.74) is 0.0359. The molecule has 1 aromatic rings. The van der Waals surface area contributed by atoms with Crippen molar-refractivity contribution in [2.24, 2.45) is 0 Å². The average molecular weight is 262 g/mol. The molecule has 1 aliphatic rings. The highest BCUT2D eigenvalue weighted by Crippen LogP contribution is 2.42. The minimum Gasteiger partial charge on any atom is -0.504 e. The van der Waals surface area contributed by atoms with Gasteiger partial charge in [0.15, 0.2) is 17.3 Å². The molecule has 2 N–H and O–H groups in total. The smallest absolute Gasteiger partial charge is 0.157 e. The second-order valence-corrected chi connectivity index (χ2v) is 5.25. The van der Waals surface area contributed by atoms with Gasteiger partial charge in [0.1, 0.15) is 11.2 Å². The molecular formula is C15H18O4. The first kappa shape index (κ1) is 13.6. The van der Waals surface area contributed by atoms with Gasteiger partial charge in [-0.05, 0) is 49.9 Å². The number of Topliss-reactive ketones (excluding diaryl/α,β-unsaturated/α-hetero) is 2. The number of rotatable bonds is 2. The second-order valence-electron chi connectivity index (χ2n) is 5.25. The third kappa shape index (κ3) is 2.01. The van der Waals surface area contributed by atoms with Crippen molar-refractivity contribution in [3.8, 4) is 11.5 Å². The van der Waals surface area contributed by atoms with Crippen LogP contribution in [0.25, 0.3) is 0 Å². The third-order valence-electron chi connectivity index (χ3n) is 4.06. The van der Waals surface area contributed by atoms with Crippen molar-refractivity contribution in [1.82, 2.24) is 0 Å². The van der Waals surface area contributed by atoms with Gasteiger partial charge < -0.3 is 10.2 Å². The predicted molar refractivity (Wildman–Crippen MR) is 70.3 cm³/mol. The zero-order chi connectivity index (χ0) is 14.2. The SMILES string of the molecule is CC(=O)C1(c2cc(O)c(O)cc2C)CCCCC1=O. The number of aryl methyl sites for hydroxylation is 1. The highest BCUT2D eigenvalue weighted by atomic mass is 16.3. The van der Waals surface area contributed by atoms with Crippen molar-refractivity contribution < 1.29 is 19.8 Å². The summed E-state index contributed by atoms with van der Waals surface area (Å²) in [6, 6.07) is 2.76. The first-order valence-electron chi connectivity index (χ1n) is 6.47. The molecule has 1 unspecified atom stereocenters. The summed E-state index contributed by atoms with van der Waals surface area (Å²) in [4.78, 5) is 24.5. The monoisotopic (exact) mass is 262 g/mol. The molecule has 0 spiro atoms. The molecule has 1 aromatic carbocycles. The standard InChI is InChI=1S/C15H18O4/c1-9-7-12(17)13(18)8-11(9)15(10(2)16)6-4-3-5-14(15)19/h7-8,17-18H,3-6H2,1-2H3. The number of aromatic hydroxyl groups is 2. The quantitative estimate of drug-likeness (QED) is 0.634. The maximum absolute atomic E-state index is 12.3. The van der Waals surface area contributed by atoms with Gasteiger partial charge in [-0.2, -0.15) is 0 Å². The van der Waals surface area contributed by atoms with Crippen molar-refractivity contribution in [2.75, 3.05) is 0 Å². The molecule has 2 rings (SSSR count). The predicted octanol–water partition coefficient (Wildman–Crippen LogP) is 2.38. The molecule has 1 fully saturated rings. The number of hydrogen-bond acceptors (Lipinski definition) is 4. The van der Waals surface area contributed by atoms with E-state index in [4.69, 9.17) is 0 Å². The molecule has 1 atom stereocenters. The molecule has 19 heavy (non-hydrogen) atoms. The Labute approximate surface area is 112 Å². The molecule has 102 valence electrons. The van der Waals surface area contributed by atoms with Gasteiger partial charge >= 0.3 is 0 Å². The van der Waals surface area contributed by atoms with Crippen LogP contribution >= 0.6 is 0 Å². The van der Waals surface area contributed by atoms with Gasteiger partial charge in [-0.3, -0.25) is 9.59 Å². The normalized spacial score (nSPS) is 23.4. The molecule has 0 heterocycles. The van der Waals surface area contributed by atoms with Crippen molar-refractivity contribution in [2.45, 2.75) is 44.9 Å². The molecule has 1 saturated carbocycles. The maximum Gasteiger partial charge on any atom is 0.157 e. The Morgan fingerprint density at radius 2 is 1.84 bits per heavy atom. The molecule has 0 aliphatic heterocycles. The molecule has 4 heteroatoms. The lowest BCUT2D eigenvalue weighted by Crippen LogP contribution is -2.45. The summed E-state index contributed by atoms with van der Waals surface area (Å²) < 4.78 is 0. The number of ketones is 2. The number of benzene rings is 1. The number of carbonyl (C=O) groups excluding carboxylic acids is 2. The van der Waals surface area contributed by atoms with E-state index in [0.717, 1.165) is 12.8 Å². The van der Waals surface area contributed by atoms with Crippen LogP contribution in [0.15, 0.2) is 12.1 Å². The molecule has 0 bridgehead atoms. The largest absolute Gasteiger partial charge is 0.504 e. The molecule has 0 amide bonds. The first-order valence-corrected chi connectivity index (χ1v) is 6.47. The zero-order valence-corrected chi connectivity index (χ0v) is 11.2. The second kappa shape index (κ2) is 4.68. The zero-order valence-electron chi connectivity index (χ0n) is 11.2. The van der Waals surface area contributed by atoms with Crippen LogP contribution in [0.1, 0.15) is 43.7 Å². The van der Waals surface area contributed by atoms with Crippen LogP contribution in [0.3, 0.4) is 0 Å². The van der Waals surface area contributed by atoms with Crippen LogP contribution in [0.5, 0.6) is 11.5 Å². The number of carbonyl (C=O) groups is 2. The van der Waals surface area contributed by atoms with Gasteiger partial charge in [0.05, 0.1) is 0 Å². The summed E-state index contributed by atoms with van der Waals surface area (Å²) >= 11 is 0. The molecule has 0 radical (unpaired) electrons. The lowest BCUT2D eigenvalue weighted by atomic mass is 9.65. The van der Waals surface area contributed by atoms with Gasteiger partial charge in [-0.15, -0.1) is 0 Å². The lowest BCUT2D eigenvalue weighted by molar-refractivity contribution is -0.136. The summed E-state index contributed by atoms with van der Waals surface area (Å²) in [7, 11) is 0. The van der Waals surface area contributed by atoms with E-state index in [9.17, 15) is 19.8 Å². The first-order chi connectivity index (χ1) is 8.89. The number of phenolic OH excluding ortho intramolecular Hbond substituents is 2. The Kier molecular flexibility index (Phi) is 3.35. The van der Waals surface area contributed by atoms with E-state index in [2.05, 4.69) is 0 Å². The Morgan fingerprint density at radius 3 is 2.42 bits per heavy atom. The van der Waals surface area contributed by atoms with Gasteiger partial charge in [-0.1, -0.05) is 6.42 Å². The molecule has 0 aromatic heterocycles. The highest BCUT2D eigenvalue weighted by molar-refractivity contribution is 6.12.